The number of ether oxygens (including phenoxy) is 1. The van der Waals surface area contributed by atoms with E-state index in [1.54, 1.807) is 13.3 Å². The summed E-state index contributed by atoms with van der Waals surface area (Å²) in [6.07, 6.45) is 1.56. The molecule has 3 N–H and O–H groups in total. The fourth-order valence-corrected chi connectivity index (χ4v) is 1.53. The summed E-state index contributed by atoms with van der Waals surface area (Å²) in [7, 11) is 1.56. The second kappa shape index (κ2) is 3.57. The number of pyridine rings is 1. The van der Waals surface area contributed by atoms with E-state index < -0.39 is 0 Å². The van der Waals surface area contributed by atoms with Gasteiger partial charge in [0.15, 0.2) is 0 Å². The molecule has 0 fully saturated rings. The lowest BCUT2D eigenvalue weighted by Gasteiger charge is -2.09. The zero-order valence-corrected chi connectivity index (χ0v) is 8.32. The molecule has 2 rings (SSSR count). The van der Waals surface area contributed by atoms with Gasteiger partial charge in [-0.15, -0.1) is 0 Å². The van der Waals surface area contributed by atoms with E-state index in [4.69, 9.17) is 15.9 Å². The minimum atomic E-state index is -0.0369. The summed E-state index contributed by atoms with van der Waals surface area (Å²) < 4.78 is 5.26. The summed E-state index contributed by atoms with van der Waals surface area (Å²) in [5.74, 6) is 0.568. The highest BCUT2D eigenvalue weighted by atomic mass is 16.5. The first-order valence-corrected chi connectivity index (χ1v) is 4.50. The van der Waals surface area contributed by atoms with Gasteiger partial charge in [0.1, 0.15) is 11.6 Å². The van der Waals surface area contributed by atoms with Crippen LogP contribution in [-0.4, -0.2) is 17.9 Å². The van der Waals surface area contributed by atoms with E-state index in [1.165, 1.54) is 0 Å². The Labute approximate surface area is 87.2 Å². The molecule has 0 radical (unpaired) electrons. The lowest BCUT2D eigenvalue weighted by molar-refractivity contribution is 0.418. The predicted octanol–water partition coefficient (Wildman–Crippen LogP) is 1.53. The van der Waals surface area contributed by atoms with E-state index in [-0.39, 0.29) is 5.84 Å². The lowest BCUT2D eigenvalue weighted by Crippen LogP contribution is -2.13. The van der Waals surface area contributed by atoms with Crippen LogP contribution in [0.4, 0.5) is 0 Å². The fourth-order valence-electron chi connectivity index (χ4n) is 1.53. The number of nitrogen functional groups attached to an aromatic ring is 1. The summed E-state index contributed by atoms with van der Waals surface area (Å²) >= 11 is 0. The molecule has 0 aliphatic carbocycles. The third kappa shape index (κ3) is 1.50. The van der Waals surface area contributed by atoms with Crippen LogP contribution in [0.15, 0.2) is 30.5 Å². The molecule has 0 bridgehead atoms. The van der Waals surface area contributed by atoms with Gasteiger partial charge in [0.2, 0.25) is 0 Å². The van der Waals surface area contributed by atoms with Crippen LogP contribution in [0, 0.1) is 5.41 Å². The summed E-state index contributed by atoms with van der Waals surface area (Å²) in [6.45, 7) is 0. The Bertz CT molecular complexity index is 522. The molecule has 15 heavy (non-hydrogen) atoms. The van der Waals surface area contributed by atoms with Crippen molar-refractivity contribution in [2.45, 2.75) is 0 Å². The summed E-state index contributed by atoms with van der Waals surface area (Å²) in [5.41, 5.74) is 6.80. The number of benzene rings is 1. The van der Waals surface area contributed by atoms with Crippen LogP contribution < -0.4 is 10.5 Å². The van der Waals surface area contributed by atoms with Crippen molar-refractivity contribution in [3.8, 4) is 5.75 Å². The SMILES string of the molecule is COc1c(C(=N)N)cnc2ccccc12. The van der Waals surface area contributed by atoms with Crippen LogP contribution in [-0.2, 0) is 0 Å². The van der Waals surface area contributed by atoms with Crippen LogP contribution in [0.3, 0.4) is 0 Å². The van der Waals surface area contributed by atoms with Crippen molar-refractivity contribution in [2.24, 2.45) is 5.73 Å². The van der Waals surface area contributed by atoms with Crippen molar-refractivity contribution in [1.82, 2.24) is 4.98 Å². The number of amidine groups is 1. The Morgan fingerprint density at radius 1 is 1.40 bits per heavy atom. The summed E-state index contributed by atoms with van der Waals surface area (Å²) in [4.78, 5) is 4.21. The largest absolute Gasteiger partial charge is 0.495 e. The van der Waals surface area contributed by atoms with Crippen LogP contribution in [0.5, 0.6) is 5.75 Å². The molecular weight excluding hydrogens is 190 g/mol. The maximum Gasteiger partial charge on any atom is 0.140 e. The normalized spacial score (nSPS) is 10.2. The average molecular weight is 201 g/mol. The van der Waals surface area contributed by atoms with Crippen molar-refractivity contribution in [3.63, 3.8) is 0 Å². The Kier molecular flexibility index (Phi) is 2.25. The van der Waals surface area contributed by atoms with Crippen LogP contribution in [0.25, 0.3) is 10.9 Å². The number of nitrogens with zero attached hydrogens (tertiary/aromatic N) is 1. The second-order valence-corrected chi connectivity index (χ2v) is 3.14. The molecule has 0 amide bonds. The maximum absolute atomic E-state index is 7.41. The van der Waals surface area contributed by atoms with E-state index >= 15 is 0 Å². The third-order valence-corrected chi connectivity index (χ3v) is 2.22. The van der Waals surface area contributed by atoms with Crippen molar-refractivity contribution in [2.75, 3.05) is 7.11 Å². The number of para-hydroxylation sites is 1. The number of fused-ring (bicyclic) bond motifs is 1. The number of rotatable bonds is 2. The van der Waals surface area contributed by atoms with Gasteiger partial charge in [-0.25, -0.2) is 0 Å². The molecule has 2 aromatic rings. The molecule has 0 aliphatic heterocycles. The minimum absolute atomic E-state index is 0.0369. The lowest BCUT2D eigenvalue weighted by atomic mass is 10.1. The molecule has 1 heterocycles. The molecule has 1 aromatic carbocycles. The molecule has 0 unspecified atom stereocenters. The highest BCUT2D eigenvalue weighted by Gasteiger charge is 2.10. The standard InChI is InChI=1S/C11H11N3O/c1-15-10-7-4-2-3-5-9(7)14-6-8(10)11(12)13/h2-6H,1H3,(H3,12,13). The van der Waals surface area contributed by atoms with Gasteiger partial charge in [-0.1, -0.05) is 12.1 Å². The smallest absolute Gasteiger partial charge is 0.140 e. The molecule has 0 saturated heterocycles. The van der Waals surface area contributed by atoms with Gasteiger partial charge in [-0.05, 0) is 12.1 Å². The first-order valence-electron chi connectivity index (χ1n) is 4.50. The van der Waals surface area contributed by atoms with Crippen LogP contribution >= 0.6 is 0 Å². The number of hydrogen-bond donors (Lipinski definition) is 2. The van der Waals surface area contributed by atoms with E-state index in [9.17, 15) is 0 Å². The molecule has 1 aromatic heterocycles. The van der Waals surface area contributed by atoms with Crippen molar-refractivity contribution in [1.29, 1.82) is 5.41 Å². The predicted molar refractivity (Wildman–Crippen MR) is 59.3 cm³/mol. The highest BCUT2D eigenvalue weighted by Crippen LogP contribution is 2.27. The number of nitrogens with one attached hydrogen (secondary N) is 1. The first-order chi connectivity index (χ1) is 7.24. The van der Waals surface area contributed by atoms with Gasteiger partial charge >= 0.3 is 0 Å². The average Bonchev–Trinajstić information content (AvgIpc) is 2.27. The van der Waals surface area contributed by atoms with Gasteiger partial charge < -0.3 is 10.5 Å². The second-order valence-electron chi connectivity index (χ2n) is 3.14. The van der Waals surface area contributed by atoms with Crippen molar-refractivity contribution in [3.05, 3.63) is 36.0 Å². The Hall–Kier alpha value is -2.10. The minimum Gasteiger partial charge on any atom is -0.495 e. The zero-order chi connectivity index (χ0) is 10.8. The quantitative estimate of drug-likeness (QED) is 0.571. The number of methoxy groups -OCH3 is 1. The third-order valence-electron chi connectivity index (χ3n) is 2.22. The Morgan fingerprint density at radius 3 is 2.80 bits per heavy atom. The summed E-state index contributed by atoms with van der Waals surface area (Å²) in [6, 6.07) is 7.59. The number of nitrogens with two attached hydrogens (primary N) is 1. The van der Waals surface area contributed by atoms with Gasteiger partial charge in [-0.2, -0.15) is 0 Å². The van der Waals surface area contributed by atoms with Gasteiger partial charge in [0.25, 0.3) is 0 Å². The Morgan fingerprint density at radius 2 is 2.13 bits per heavy atom. The van der Waals surface area contributed by atoms with Crippen LogP contribution in [0.2, 0.25) is 0 Å². The summed E-state index contributed by atoms with van der Waals surface area (Å²) in [5, 5.41) is 8.28. The van der Waals surface area contributed by atoms with E-state index in [0.717, 1.165) is 10.9 Å². The number of hydrogen-bond acceptors (Lipinski definition) is 3. The van der Waals surface area contributed by atoms with Crippen LogP contribution in [0.1, 0.15) is 5.56 Å². The molecule has 0 aliphatic rings. The molecule has 0 saturated carbocycles. The van der Waals surface area contributed by atoms with E-state index in [2.05, 4.69) is 4.98 Å². The van der Waals surface area contributed by atoms with Gasteiger partial charge in [0.05, 0.1) is 18.2 Å². The zero-order valence-electron chi connectivity index (χ0n) is 8.32. The first kappa shape index (κ1) is 9.45. The maximum atomic E-state index is 7.41. The highest BCUT2D eigenvalue weighted by molar-refractivity contribution is 6.02. The molecular formula is C11H11N3O. The molecule has 4 heteroatoms. The monoisotopic (exact) mass is 201 g/mol. The van der Waals surface area contributed by atoms with Crippen molar-refractivity contribution >= 4 is 16.7 Å². The molecule has 0 spiro atoms. The van der Waals surface area contributed by atoms with Gasteiger partial charge in [0, 0.05) is 11.6 Å². The van der Waals surface area contributed by atoms with Gasteiger partial charge in [-0.3, -0.25) is 10.4 Å². The van der Waals surface area contributed by atoms with Crippen molar-refractivity contribution < 1.29 is 4.74 Å². The topological polar surface area (TPSA) is 72.0 Å². The van der Waals surface area contributed by atoms with E-state index in [0.29, 0.717) is 11.3 Å². The van der Waals surface area contributed by atoms with E-state index in [1.807, 2.05) is 24.3 Å². The molecule has 4 nitrogen and oxygen atoms in total. The molecule has 76 valence electrons. The molecule has 0 atom stereocenters. The number of aromatic nitrogens is 1. The fraction of sp³-hybridized carbons (Fsp3) is 0.0909. The Balaban J connectivity index is 2.81.